The summed E-state index contributed by atoms with van der Waals surface area (Å²) in [5.41, 5.74) is 1.34. The summed E-state index contributed by atoms with van der Waals surface area (Å²) in [4.78, 5) is 24.3. The number of aliphatic carboxylic acids is 1. The number of nitrogens with one attached hydrogen (secondary N) is 1. The van der Waals surface area contributed by atoms with Crippen LogP contribution in [0.1, 0.15) is 39.2 Å². The van der Waals surface area contributed by atoms with Gasteiger partial charge in [0.15, 0.2) is 0 Å². The molecule has 1 unspecified atom stereocenters. The van der Waals surface area contributed by atoms with Gasteiger partial charge in [-0.15, -0.1) is 0 Å². The summed E-state index contributed by atoms with van der Waals surface area (Å²) in [6, 6.07) is 10.2. The normalized spacial score (nSPS) is 12.5. The third-order valence-electron chi connectivity index (χ3n) is 4.20. The van der Waals surface area contributed by atoms with Gasteiger partial charge in [-0.05, 0) is 30.2 Å². The van der Waals surface area contributed by atoms with Crippen molar-refractivity contribution in [2.75, 3.05) is 20.1 Å². The van der Waals surface area contributed by atoms with Crippen molar-refractivity contribution in [1.82, 2.24) is 10.2 Å². The van der Waals surface area contributed by atoms with E-state index in [1.165, 1.54) is 10.5 Å². The average Bonchev–Trinajstić information content (AvgIpc) is 2.53. The second kappa shape index (κ2) is 9.30. The van der Waals surface area contributed by atoms with Gasteiger partial charge in [0.1, 0.15) is 0 Å². The third kappa shape index (κ3) is 7.49. The number of carbonyl (C=O) groups excluding carboxylic acids is 1. The molecule has 0 aliphatic carbocycles. The monoisotopic (exact) mass is 334 g/mol. The van der Waals surface area contributed by atoms with E-state index in [9.17, 15) is 9.59 Å². The van der Waals surface area contributed by atoms with Crippen LogP contribution >= 0.6 is 0 Å². The minimum atomic E-state index is -0.893. The van der Waals surface area contributed by atoms with Gasteiger partial charge in [-0.3, -0.25) is 4.79 Å². The van der Waals surface area contributed by atoms with E-state index in [2.05, 4.69) is 43.4 Å². The maximum Gasteiger partial charge on any atom is 0.317 e. The second-order valence-electron chi connectivity index (χ2n) is 7.28. The first-order chi connectivity index (χ1) is 11.2. The molecule has 1 aromatic rings. The molecule has 24 heavy (non-hydrogen) atoms. The quantitative estimate of drug-likeness (QED) is 0.727. The van der Waals surface area contributed by atoms with E-state index in [1.807, 2.05) is 6.07 Å². The Morgan fingerprint density at radius 3 is 2.46 bits per heavy atom. The highest BCUT2D eigenvalue weighted by atomic mass is 16.4. The fourth-order valence-electron chi connectivity index (χ4n) is 2.53. The summed E-state index contributed by atoms with van der Waals surface area (Å²) in [5, 5.41) is 11.8. The maximum absolute atomic E-state index is 12.1. The van der Waals surface area contributed by atoms with Gasteiger partial charge < -0.3 is 15.3 Å². The van der Waals surface area contributed by atoms with Gasteiger partial charge in [-0.1, -0.05) is 51.1 Å². The van der Waals surface area contributed by atoms with Gasteiger partial charge in [-0.2, -0.15) is 0 Å². The van der Waals surface area contributed by atoms with Crippen LogP contribution in [0.15, 0.2) is 30.3 Å². The molecule has 0 aliphatic rings. The molecule has 0 radical (unpaired) electrons. The number of carbonyl (C=O) groups is 2. The van der Waals surface area contributed by atoms with Gasteiger partial charge in [0.25, 0.3) is 0 Å². The Balaban J connectivity index is 2.33. The second-order valence-corrected chi connectivity index (χ2v) is 7.28. The number of amides is 2. The van der Waals surface area contributed by atoms with E-state index < -0.39 is 11.9 Å². The summed E-state index contributed by atoms with van der Waals surface area (Å²) >= 11 is 0. The molecule has 5 heteroatoms. The summed E-state index contributed by atoms with van der Waals surface area (Å²) in [6.45, 7) is 6.65. The Kier molecular flexibility index (Phi) is 7.75. The Hall–Kier alpha value is -2.04. The molecule has 134 valence electrons. The van der Waals surface area contributed by atoms with Gasteiger partial charge >= 0.3 is 12.0 Å². The Bertz CT molecular complexity index is 529. The first-order valence-corrected chi connectivity index (χ1v) is 8.47. The standard InChI is InChI=1S/C19H30N2O3/c1-15(17(22)23)13-21(4)18(24)20-14-19(2,3)12-8-11-16-9-6-5-7-10-16/h5-7,9-10,15H,8,11-14H2,1-4H3,(H,20,24)(H,22,23). The van der Waals surface area contributed by atoms with Gasteiger partial charge in [0, 0.05) is 20.1 Å². The zero-order chi connectivity index (χ0) is 18.2. The predicted molar refractivity (Wildman–Crippen MR) is 96.0 cm³/mol. The van der Waals surface area contributed by atoms with Crippen molar-refractivity contribution < 1.29 is 14.7 Å². The summed E-state index contributed by atoms with van der Waals surface area (Å²) < 4.78 is 0. The van der Waals surface area contributed by atoms with Crippen molar-refractivity contribution in [3.8, 4) is 0 Å². The predicted octanol–water partition coefficient (Wildman–Crippen LogP) is 3.40. The number of carboxylic acids is 1. The van der Waals surface area contributed by atoms with Crippen LogP contribution < -0.4 is 5.32 Å². The third-order valence-corrected chi connectivity index (χ3v) is 4.20. The molecule has 0 heterocycles. The highest BCUT2D eigenvalue weighted by Gasteiger charge is 2.21. The van der Waals surface area contributed by atoms with Gasteiger partial charge in [0.2, 0.25) is 0 Å². The molecule has 0 spiro atoms. The number of carboxylic acid groups (broad SMARTS) is 1. The van der Waals surface area contributed by atoms with E-state index in [0.717, 1.165) is 19.3 Å². The van der Waals surface area contributed by atoms with Crippen LogP contribution in [0.25, 0.3) is 0 Å². The van der Waals surface area contributed by atoms with E-state index in [4.69, 9.17) is 5.11 Å². The molecule has 2 N–H and O–H groups in total. The molecule has 0 bridgehead atoms. The molecule has 0 aromatic heterocycles. The molecular weight excluding hydrogens is 304 g/mol. The number of rotatable bonds is 9. The molecule has 2 amide bonds. The van der Waals surface area contributed by atoms with Crippen LogP contribution in [-0.2, 0) is 11.2 Å². The fourth-order valence-corrected chi connectivity index (χ4v) is 2.53. The first-order valence-electron chi connectivity index (χ1n) is 8.47. The lowest BCUT2D eigenvalue weighted by Gasteiger charge is -2.27. The highest BCUT2D eigenvalue weighted by molar-refractivity contribution is 5.75. The Morgan fingerprint density at radius 1 is 1.25 bits per heavy atom. The first kappa shape index (κ1) is 20.0. The van der Waals surface area contributed by atoms with Crippen LogP contribution in [0.3, 0.4) is 0 Å². The molecule has 0 saturated heterocycles. The Labute approximate surface area is 145 Å². The van der Waals surface area contributed by atoms with Crippen molar-refractivity contribution in [1.29, 1.82) is 0 Å². The van der Waals surface area contributed by atoms with Crippen molar-refractivity contribution in [3.63, 3.8) is 0 Å². The number of hydrogen-bond donors (Lipinski definition) is 2. The van der Waals surface area contributed by atoms with Crippen molar-refractivity contribution >= 4 is 12.0 Å². The van der Waals surface area contributed by atoms with Crippen LogP contribution in [0.4, 0.5) is 4.79 Å². The smallest absolute Gasteiger partial charge is 0.317 e. The van der Waals surface area contributed by atoms with E-state index in [1.54, 1.807) is 14.0 Å². The van der Waals surface area contributed by atoms with Crippen molar-refractivity contribution in [2.24, 2.45) is 11.3 Å². The molecule has 0 aliphatic heterocycles. The lowest BCUT2D eigenvalue weighted by Crippen LogP contribution is -2.44. The molecule has 0 saturated carbocycles. The fraction of sp³-hybridized carbons (Fsp3) is 0.579. The Morgan fingerprint density at radius 2 is 1.88 bits per heavy atom. The lowest BCUT2D eigenvalue weighted by atomic mass is 9.86. The molecule has 1 aromatic carbocycles. The van der Waals surface area contributed by atoms with Gasteiger partial charge in [0.05, 0.1) is 5.92 Å². The van der Waals surface area contributed by atoms with Crippen molar-refractivity contribution in [3.05, 3.63) is 35.9 Å². The topological polar surface area (TPSA) is 69.6 Å². The zero-order valence-corrected chi connectivity index (χ0v) is 15.2. The largest absolute Gasteiger partial charge is 0.481 e. The van der Waals surface area contributed by atoms with Crippen molar-refractivity contribution in [2.45, 2.75) is 40.0 Å². The van der Waals surface area contributed by atoms with Crippen LogP contribution in [0.2, 0.25) is 0 Å². The SMILES string of the molecule is CC(CN(C)C(=O)NCC(C)(C)CCCc1ccccc1)C(=O)O. The number of nitrogens with zero attached hydrogens (tertiary/aromatic N) is 1. The van der Waals surface area contributed by atoms with Crippen LogP contribution in [0, 0.1) is 11.3 Å². The summed E-state index contributed by atoms with van der Waals surface area (Å²) in [7, 11) is 1.62. The zero-order valence-electron chi connectivity index (χ0n) is 15.2. The summed E-state index contributed by atoms with van der Waals surface area (Å²) in [5.74, 6) is -1.46. The van der Waals surface area contributed by atoms with Gasteiger partial charge in [-0.25, -0.2) is 4.79 Å². The molecule has 1 rings (SSSR count). The van der Waals surface area contributed by atoms with Crippen LogP contribution in [-0.4, -0.2) is 42.1 Å². The lowest BCUT2D eigenvalue weighted by molar-refractivity contribution is -0.141. The summed E-state index contributed by atoms with van der Waals surface area (Å²) in [6.07, 6.45) is 3.12. The number of urea groups is 1. The minimum absolute atomic E-state index is 0.00367. The molecular formula is C19H30N2O3. The molecule has 1 atom stereocenters. The molecule has 0 fully saturated rings. The average molecular weight is 334 g/mol. The maximum atomic E-state index is 12.1. The van der Waals surface area contributed by atoms with E-state index in [0.29, 0.717) is 6.54 Å². The molecule has 5 nitrogen and oxygen atoms in total. The highest BCUT2D eigenvalue weighted by Crippen LogP contribution is 2.22. The van der Waals surface area contributed by atoms with E-state index in [-0.39, 0.29) is 18.0 Å². The van der Waals surface area contributed by atoms with Crippen LogP contribution in [0.5, 0.6) is 0 Å². The van der Waals surface area contributed by atoms with E-state index >= 15 is 0 Å². The number of aryl methyl sites for hydroxylation is 1. The minimum Gasteiger partial charge on any atom is -0.481 e. The number of benzene rings is 1. The number of hydrogen-bond acceptors (Lipinski definition) is 2.